The lowest BCUT2D eigenvalue weighted by Gasteiger charge is -2.13. The smallest absolute Gasteiger partial charge is 0.0885 e. The van der Waals surface area contributed by atoms with E-state index in [0.29, 0.717) is 6.04 Å². The van der Waals surface area contributed by atoms with Crippen LogP contribution in [0, 0.1) is 0 Å². The van der Waals surface area contributed by atoms with E-state index in [0.717, 1.165) is 19.6 Å². The number of nitrogens with one attached hydrogen (secondary N) is 1. The number of ether oxygens (including phenoxy) is 1. The zero-order valence-electron chi connectivity index (χ0n) is 9.72. The van der Waals surface area contributed by atoms with Crippen molar-refractivity contribution in [2.45, 2.75) is 52.0 Å². The second-order valence-corrected chi connectivity index (χ2v) is 3.74. The summed E-state index contributed by atoms with van der Waals surface area (Å²) < 4.78 is 5.04. The van der Waals surface area contributed by atoms with Gasteiger partial charge in [0, 0.05) is 6.04 Å². The molecule has 1 N–H and O–H groups in total. The summed E-state index contributed by atoms with van der Waals surface area (Å²) in [6, 6.07) is 0.644. The maximum Gasteiger partial charge on any atom is 0.0885 e. The van der Waals surface area contributed by atoms with Crippen LogP contribution < -0.4 is 5.32 Å². The Kier molecular flexibility index (Phi) is 10.2. The normalized spacial score (nSPS) is 12.4. The zero-order valence-corrected chi connectivity index (χ0v) is 9.72. The molecule has 0 bridgehead atoms. The highest BCUT2D eigenvalue weighted by atomic mass is 16.5. The summed E-state index contributed by atoms with van der Waals surface area (Å²) in [7, 11) is 0. The van der Waals surface area contributed by atoms with Gasteiger partial charge in [-0.05, 0) is 26.3 Å². The molecule has 1 atom stereocenters. The average Bonchev–Trinajstić information content (AvgIpc) is 2.18. The molecule has 0 aliphatic heterocycles. The van der Waals surface area contributed by atoms with Crippen molar-refractivity contribution in [3.05, 3.63) is 12.8 Å². The van der Waals surface area contributed by atoms with Crippen molar-refractivity contribution in [1.82, 2.24) is 5.32 Å². The van der Waals surface area contributed by atoms with Crippen molar-refractivity contribution in [3.63, 3.8) is 0 Å². The Morgan fingerprint density at radius 2 is 2.14 bits per heavy atom. The summed E-state index contributed by atoms with van der Waals surface area (Å²) in [6.07, 6.45) is 7.85. The first kappa shape index (κ1) is 13.5. The SMILES string of the molecule is C=COCCCNC(C)CCCCC. The second kappa shape index (κ2) is 10.6. The molecule has 0 heterocycles. The molecule has 0 amide bonds. The van der Waals surface area contributed by atoms with Gasteiger partial charge in [0.2, 0.25) is 0 Å². The molecule has 0 aromatic carbocycles. The van der Waals surface area contributed by atoms with Crippen molar-refractivity contribution in [2.75, 3.05) is 13.2 Å². The maximum absolute atomic E-state index is 5.04. The molecule has 0 radical (unpaired) electrons. The highest BCUT2D eigenvalue weighted by molar-refractivity contribution is 4.60. The number of hydrogen-bond donors (Lipinski definition) is 1. The molecule has 0 aromatic rings. The van der Waals surface area contributed by atoms with Crippen LogP contribution in [0.15, 0.2) is 12.8 Å². The lowest BCUT2D eigenvalue weighted by molar-refractivity contribution is 0.242. The first-order valence-electron chi connectivity index (χ1n) is 5.77. The van der Waals surface area contributed by atoms with Crippen molar-refractivity contribution in [2.24, 2.45) is 0 Å². The van der Waals surface area contributed by atoms with E-state index in [9.17, 15) is 0 Å². The molecule has 0 aliphatic carbocycles. The monoisotopic (exact) mass is 199 g/mol. The predicted octanol–water partition coefficient (Wildman–Crippen LogP) is 3.10. The summed E-state index contributed by atoms with van der Waals surface area (Å²) >= 11 is 0. The molecule has 2 nitrogen and oxygen atoms in total. The Hall–Kier alpha value is -0.500. The fourth-order valence-electron chi connectivity index (χ4n) is 1.39. The molecule has 0 rings (SSSR count). The van der Waals surface area contributed by atoms with Gasteiger partial charge in [-0.2, -0.15) is 0 Å². The van der Waals surface area contributed by atoms with Crippen molar-refractivity contribution < 1.29 is 4.74 Å². The van der Waals surface area contributed by atoms with Gasteiger partial charge >= 0.3 is 0 Å². The van der Waals surface area contributed by atoms with Gasteiger partial charge < -0.3 is 10.1 Å². The summed E-state index contributed by atoms with van der Waals surface area (Å²) in [5, 5.41) is 3.49. The summed E-state index contributed by atoms with van der Waals surface area (Å²) in [4.78, 5) is 0. The van der Waals surface area contributed by atoms with Gasteiger partial charge in [-0.3, -0.25) is 0 Å². The lowest BCUT2D eigenvalue weighted by Crippen LogP contribution is -2.27. The molecule has 0 saturated carbocycles. The lowest BCUT2D eigenvalue weighted by atomic mass is 10.1. The van der Waals surface area contributed by atoms with E-state index in [2.05, 4.69) is 25.7 Å². The van der Waals surface area contributed by atoms with E-state index >= 15 is 0 Å². The topological polar surface area (TPSA) is 21.3 Å². The molecular formula is C12H25NO. The zero-order chi connectivity index (χ0) is 10.6. The van der Waals surface area contributed by atoms with Gasteiger partial charge in [0.25, 0.3) is 0 Å². The Labute approximate surface area is 88.7 Å². The second-order valence-electron chi connectivity index (χ2n) is 3.74. The predicted molar refractivity (Wildman–Crippen MR) is 62.4 cm³/mol. The number of rotatable bonds is 10. The van der Waals surface area contributed by atoms with Crippen LogP contribution >= 0.6 is 0 Å². The fraction of sp³-hybridized carbons (Fsp3) is 0.833. The standard InChI is InChI=1S/C12H25NO/c1-4-6-7-9-12(3)13-10-8-11-14-5-2/h5,12-13H,2,4,6-11H2,1,3H3. The Balaban J connectivity index is 3.09. The van der Waals surface area contributed by atoms with Crippen LogP contribution in [0.3, 0.4) is 0 Å². The van der Waals surface area contributed by atoms with E-state index in [1.807, 2.05) is 0 Å². The minimum Gasteiger partial charge on any atom is -0.502 e. The number of hydrogen-bond acceptors (Lipinski definition) is 2. The van der Waals surface area contributed by atoms with Crippen LogP contribution in [-0.2, 0) is 4.74 Å². The molecule has 84 valence electrons. The van der Waals surface area contributed by atoms with E-state index in [4.69, 9.17) is 4.74 Å². The molecule has 0 spiro atoms. The Morgan fingerprint density at radius 1 is 1.36 bits per heavy atom. The Bertz CT molecular complexity index is 125. The minimum absolute atomic E-state index is 0.644. The van der Waals surface area contributed by atoms with Gasteiger partial charge in [0.1, 0.15) is 0 Å². The molecule has 0 aliphatic rings. The fourth-order valence-corrected chi connectivity index (χ4v) is 1.39. The van der Waals surface area contributed by atoms with Gasteiger partial charge in [0.15, 0.2) is 0 Å². The maximum atomic E-state index is 5.04. The van der Waals surface area contributed by atoms with Crippen LogP contribution in [0.2, 0.25) is 0 Å². The van der Waals surface area contributed by atoms with Crippen LogP contribution in [0.4, 0.5) is 0 Å². The van der Waals surface area contributed by atoms with E-state index in [1.54, 1.807) is 0 Å². The van der Waals surface area contributed by atoms with Crippen LogP contribution in [0.5, 0.6) is 0 Å². The van der Waals surface area contributed by atoms with E-state index in [1.165, 1.54) is 31.9 Å². The summed E-state index contributed by atoms with van der Waals surface area (Å²) in [5.41, 5.74) is 0. The third-order valence-electron chi connectivity index (χ3n) is 2.29. The van der Waals surface area contributed by atoms with E-state index < -0.39 is 0 Å². The van der Waals surface area contributed by atoms with Gasteiger partial charge in [0.05, 0.1) is 12.9 Å². The highest BCUT2D eigenvalue weighted by Crippen LogP contribution is 2.02. The molecule has 0 aromatic heterocycles. The molecule has 0 fully saturated rings. The minimum atomic E-state index is 0.644. The molecule has 2 heteroatoms. The number of unbranched alkanes of at least 4 members (excludes halogenated alkanes) is 2. The molecule has 14 heavy (non-hydrogen) atoms. The Morgan fingerprint density at radius 3 is 2.79 bits per heavy atom. The first-order chi connectivity index (χ1) is 6.81. The quantitative estimate of drug-likeness (QED) is 0.431. The van der Waals surface area contributed by atoms with E-state index in [-0.39, 0.29) is 0 Å². The largest absolute Gasteiger partial charge is 0.502 e. The van der Waals surface area contributed by atoms with Crippen LogP contribution in [0.1, 0.15) is 46.0 Å². The van der Waals surface area contributed by atoms with Gasteiger partial charge in [-0.1, -0.05) is 32.8 Å². The van der Waals surface area contributed by atoms with Crippen LogP contribution in [0.25, 0.3) is 0 Å². The van der Waals surface area contributed by atoms with Crippen molar-refractivity contribution >= 4 is 0 Å². The van der Waals surface area contributed by atoms with Gasteiger partial charge in [-0.15, -0.1) is 0 Å². The van der Waals surface area contributed by atoms with Crippen molar-refractivity contribution in [1.29, 1.82) is 0 Å². The van der Waals surface area contributed by atoms with Crippen LogP contribution in [-0.4, -0.2) is 19.2 Å². The third-order valence-corrected chi connectivity index (χ3v) is 2.29. The van der Waals surface area contributed by atoms with Gasteiger partial charge in [-0.25, -0.2) is 0 Å². The molecule has 1 unspecified atom stereocenters. The summed E-state index contributed by atoms with van der Waals surface area (Å²) in [5.74, 6) is 0. The first-order valence-corrected chi connectivity index (χ1v) is 5.77. The molecule has 0 saturated heterocycles. The van der Waals surface area contributed by atoms with Crippen molar-refractivity contribution in [3.8, 4) is 0 Å². The average molecular weight is 199 g/mol. The summed E-state index contributed by atoms with van der Waals surface area (Å²) in [6.45, 7) is 9.81. The third kappa shape index (κ3) is 9.59. The highest BCUT2D eigenvalue weighted by Gasteiger charge is 1.99. The molecular weight excluding hydrogens is 174 g/mol.